The molecule has 0 saturated carbocycles. The van der Waals surface area contributed by atoms with Crippen molar-refractivity contribution in [3.8, 4) is 11.5 Å². The molecule has 2 bridgehead atoms. The van der Waals surface area contributed by atoms with Gasteiger partial charge in [-0.1, -0.05) is 0 Å². The van der Waals surface area contributed by atoms with Gasteiger partial charge >= 0.3 is 0 Å². The first-order valence-electron chi connectivity index (χ1n) is 9.07. The van der Waals surface area contributed by atoms with E-state index in [1.807, 2.05) is 4.90 Å². The van der Waals surface area contributed by atoms with Gasteiger partial charge in [0, 0.05) is 36.7 Å². The highest BCUT2D eigenvalue weighted by molar-refractivity contribution is 5.80. The molecule has 0 spiro atoms. The number of carbonyl (C=O) groups excluding carboxylic acids is 1. The third-order valence-corrected chi connectivity index (χ3v) is 5.77. The number of hydrogen-bond acceptors (Lipinski definition) is 4. The van der Waals surface area contributed by atoms with E-state index in [4.69, 9.17) is 4.42 Å². The SMILES string of the molecule is O=C([C@H]1C[C@H]2CC[C@@H]1N2)N1CCc2oc(-c3cc(F)cc(F)c3)nc2C1. The third kappa shape index (κ3) is 2.61. The molecule has 2 aromatic rings. The van der Waals surface area contributed by atoms with Crippen LogP contribution in [0.4, 0.5) is 8.78 Å². The van der Waals surface area contributed by atoms with Crippen LogP contribution in [0.2, 0.25) is 0 Å². The number of benzene rings is 1. The zero-order valence-electron chi connectivity index (χ0n) is 14.2. The Morgan fingerprint density at radius 1 is 1.23 bits per heavy atom. The van der Waals surface area contributed by atoms with Gasteiger partial charge in [0.1, 0.15) is 23.1 Å². The molecule has 0 radical (unpaired) electrons. The van der Waals surface area contributed by atoms with Gasteiger partial charge in [0.05, 0.1) is 12.5 Å². The molecule has 5 nitrogen and oxygen atoms in total. The molecule has 0 unspecified atom stereocenters. The Morgan fingerprint density at radius 3 is 2.73 bits per heavy atom. The Kier molecular flexibility index (Phi) is 3.60. The van der Waals surface area contributed by atoms with Gasteiger partial charge in [-0.05, 0) is 31.4 Å². The number of oxazole rings is 1. The van der Waals surface area contributed by atoms with Crippen molar-refractivity contribution in [1.82, 2.24) is 15.2 Å². The van der Waals surface area contributed by atoms with Crippen molar-refractivity contribution in [3.63, 3.8) is 0 Å². The van der Waals surface area contributed by atoms with Gasteiger partial charge < -0.3 is 14.6 Å². The van der Waals surface area contributed by atoms with Crippen LogP contribution in [-0.2, 0) is 17.8 Å². The second kappa shape index (κ2) is 5.87. The Labute approximate surface area is 149 Å². The van der Waals surface area contributed by atoms with Gasteiger partial charge in [-0.25, -0.2) is 13.8 Å². The van der Waals surface area contributed by atoms with E-state index in [1.54, 1.807) is 0 Å². The van der Waals surface area contributed by atoms with Crippen LogP contribution in [0.5, 0.6) is 0 Å². The van der Waals surface area contributed by atoms with E-state index in [0.29, 0.717) is 43.0 Å². The predicted octanol–water partition coefficient (Wildman–Crippen LogP) is 2.65. The average molecular weight is 359 g/mol. The van der Waals surface area contributed by atoms with E-state index >= 15 is 0 Å². The predicted molar refractivity (Wildman–Crippen MR) is 89.0 cm³/mol. The molecule has 7 heteroatoms. The second-order valence-electron chi connectivity index (χ2n) is 7.45. The molecule has 1 amide bonds. The third-order valence-electron chi connectivity index (χ3n) is 5.77. The fraction of sp³-hybridized carbons (Fsp3) is 0.474. The fourth-order valence-electron chi connectivity index (χ4n) is 4.52. The van der Waals surface area contributed by atoms with E-state index in [0.717, 1.165) is 25.3 Å². The molecule has 4 heterocycles. The summed E-state index contributed by atoms with van der Waals surface area (Å²) in [7, 11) is 0. The number of fused-ring (bicyclic) bond motifs is 3. The molecule has 2 fully saturated rings. The lowest BCUT2D eigenvalue weighted by Gasteiger charge is -2.30. The molecule has 2 saturated heterocycles. The first-order valence-corrected chi connectivity index (χ1v) is 9.07. The number of carbonyl (C=O) groups is 1. The lowest BCUT2D eigenvalue weighted by molar-refractivity contribution is -0.137. The first-order chi connectivity index (χ1) is 12.6. The van der Waals surface area contributed by atoms with E-state index in [1.165, 1.54) is 12.1 Å². The van der Waals surface area contributed by atoms with Crippen LogP contribution < -0.4 is 5.32 Å². The summed E-state index contributed by atoms with van der Waals surface area (Å²) in [6.45, 7) is 0.981. The summed E-state index contributed by atoms with van der Waals surface area (Å²) in [5.41, 5.74) is 0.951. The summed E-state index contributed by atoms with van der Waals surface area (Å²) in [4.78, 5) is 19.1. The molecular formula is C19H19F2N3O2. The lowest BCUT2D eigenvalue weighted by Crippen LogP contribution is -2.43. The van der Waals surface area contributed by atoms with Crippen molar-refractivity contribution in [1.29, 1.82) is 0 Å². The number of halogens is 2. The normalized spacial score (nSPS) is 27.0. The van der Waals surface area contributed by atoms with Crippen LogP contribution in [0, 0.1) is 17.6 Å². The van der Waals surface area contributed by atoms with Crippen LogP contribution in [-0.4, -0.2) is 34.4 Å². The van der Waals surface area contributed by atoms with Crippen molar-refractivity contribution in [2.45, 2.75) is 44.3 Å². The van der Waals surface area contributed by atoms with Crippen LogP contribution in [0.3, 0.4) is 0 Å². The summed E-state index contributed by atoms with van der Waals surface area (Å²) in [6, 6.07) is 4.00. The molecule has 3 aliphatic rings. The molecule has 3 atom stereocenters. The standard InChI is InChI=1S/C19H19F2N3O2/c20-11-5-10(6-12(21)7-11)18-23-16-9-24(4-3-17(16)26-18)19(25)14-8-13-1-2-15(14)22-13/h5-7,13-15,22H,1-4,8-9H2/t13-,14+,15+/m1/s1. The fourth-order valence-corrected chi connectivity index (χ4v) is 4.52. The Hall–Kier alpha value is -2.28. The van der Waals surface area contributed by atoms with E-state index in [9.17, 15) is 13.6 Å². The summed E-state index contributed by atoms with van der Waals surface area (Å²) in [5, 5.41) is 3.50. The molecular weight excluding hydrogens is 340 g/mol. The second-order valence-corrected chi connectivity index (χ2v) is 7.45. The maximum absolute atomic E-state index is 13.4. The van der Waals surface area contributed by atoms with Crippen molar-refractivity contribution >= 4 is 5.91 Å². The first kappa shape index (κ1) is 15.9. The van der Waals surface area contributed by atoms with E-state index in [2.05, 4.69) is 10.3 Å². The molecule has 3 aliphatic heterocycles. The average Bonchev–Trinajstić information content (AvgIpc) is 3.34. The topological polar surface area (TPSA) is 58.4 Å². The lowest BCUT2D eigenvalue weighted by atomic mass is 9.88. The molecule has 26 heavy (non-hydrogen) atoms. The highest BCUT2D eigenvalue weighted by Gasteiger charge is 2.44. The number of amides is 1. The maximum Gasteiger partial charge on any atom is 0.227 e. The molecule has 1 N–H and O–H groups in total. The van der Waals surface area contributed by atoms with Crippen molar-refractivity contribution in [3.05, 3.63) is 41.3 Å². The van der Waals surface area contributed by atoms with E-state index in [-0.39, 0.29) is 23.3 Å². The summed E-state index contributed by atoms with van der Waals surface area (Å²) >= 11 is 0. The van der Waals surface area contributed by atoms with Crippen molar-refractivity contribution < 1.29 is 18.0 Å². The smallest absolute Gasteiger partial charge is 0.227 e. The van der Waals surface area contributed by atoms with Crippen LogP contribution in [0.25, 0.3) is 11.5 Å². The zero-order chi connectivity index (χ0) is 17.8. The Bertz CT molecular complexity index is 861. The largest absolute Gasteiger partial charge is 0.441 e. The number of nitrogens with zero attached hydrogens (tertiary/aromatic N) is 2. The molecule has 5 rings (SSSR count). The monoisotopic (exact) mass is 359 g/mol. The summed E-state index contributed by atoms with van der Waals surface area (Å²) < 4.78 is 32.6. The van der Waals surface area contributed by atoms with Crippen LogP contribution >= 0.6 is 0 Å². The van der Waals surface area contributed by atoms with Gasteiger partial charge in [-0.3, -0.25) is 4.79 Å². The highest BCUT2D eigenvalue weighted by Crippen LogP contribution is 2.35. The minimum atomic E-state index is -0.670. The van der Waals surface area contributed by atoms with Gasteiger partial charge in [0.15, 0.2) is 0 Å². The molecule has 1 aromatic heterocycles. The highest BCUT2D eigenvalue weighted by atomic mass is 19.1. The van der Waals surface area contributed by atoms with Crippen molar-refractivity contribution in [2.24, 2.45) is 5.92 Å². The van der Waals surface area contributed by atoms with Crippen molar-refractivity contribution in [2.75, 3.05) is 6.54 Å². The Morgan fingerprint density at radius 2 is 2.04 bits per heavy atom. The van der Waals surface area contributed by atoms with Gasteiger partial charge in [0.2, 0.25) is 11.8 Å². The Balaban J connectivity index is 1.36. The van der Waals surface area contributed by atoms with Gasteiger partial charge in [-0.2, -0.15) is 0 Å². The number of hydrogen-bond donors (Lipinski definition) is 1. The summed E-state index contributed by atoms with van der Waals surface area (Å²) in [6.07, 6.45) is 3.72. The van der Waals surface area contributed by atoms with Crippen LogP contribution in [0.15, 0.2) is 22.6 Å². The van der Waals surface area contributed by atoms with Crippen LogP contribution in [0.1, 0.15) is 30.7 Å². The van der Waals surface area contributed by atoms with Gasteiger partial charge in [-0.15, -0.1) is 0 Å². The quantitative estimate of drug-likeness (QED) is 0.896. The summed E-state index contributed by atoms with van der Waals surface area (Å²) in [5.74, 6) is -0.215. The molecule has 0 aliphatic carbocycles. The van der Waals surface area contributed by atoms with Gasteiger partial charge in [0.25, 0.3) is 0 Å². The molecule has 1 aromatic carbocycles. The number of nitrogens with one attached hydrogen (secondary N) is 1. The minimum Gasteiger partial charge on any atom is -0.441 e. The number of aromatic nitrogens is 1. The zero-order valence-corrected chi connectivity index (χ0v) is 14.2. The minimum absolute atomic E-state index is 0.0546. The molecule has 136 valence electrons. The van der Waals surface area contributed by atoms with E-state index < -0.39 is 11.6 Å². The number of rotatable bonds is 2. The maximum atomic E-state index is 13.4.